The number of nitrogens with two attached hydrogens (primary N) is 1. The van der Waals surface area contributed by atoms with Crippen LogP contribution in [0.5, 0.6) is 11.5 Å². The van der Waals surface area contributed by atoms with Gasteiger partial charge >= 0.3 is 6.03 Å². The number of imide groups is 1. The number of piperidine rings is 2. The Hall–Kier alpha value is -6.03. The number of carbonyl (C=O) groups excluding carboxylic acids is 5. The van der Waals surface area contributed by atoms with Gasteiger partial charge in [0.15, 0.2) is 18.2 Å². The highest BCUT2D eigenvalue weighted by atomic mass is 35.5. The Labute approximate surface area is 426 Å². The Morgan fingerprint density at radius 2 is 1.56 bits per heavy atom. The lowest BCUT2D eigenvalue weighted by molar-refractivity contribution is -0.139. The van der Waals surface area contributed by atoms with E-state index < -0.39 is 17.8 Å². The molecular formula is C56H66ClFN6O8. The van der Waals surface area contributed by atoms with Crippen LogP contribution in [-0.4, -0.2) is 111 Å². The number of benzene rings is 4. The molecule has 2 atom stereocenters. The Kier molecular flexibility index (Phi) is 16.4. The maximum absolute atomic E-state index is 16.4. The van der Waals surface area contributed by atoms with Crippen molar-refractivity contribution in [2.24, 2.45) is 23.5 Å². The van der Waals surface area contributed by atoms with E-state index in [9.17, 15) is 24.0 Å². The lowest BCUT2D eigenvalue weighted by Gasteiger charge is -2.41. The first-order valence-corrected chi connectivity index (χ1v) is 26.1. The normalized spacial score (nSPS) is 21.6. The van der Waals surface area contributed by atoms with Crippen molar-refractivity contribution in [1.29, 1.82) is 0 Å². The summed E-state index contributed by atoms with van der Waals surface area (Å²) in [6.45, 7) is 6.49. The lowest BCUT2D eigenvalue weighted by atomic mass is 9.78. The predicted octanol–water partition coefficient (Wildman–Crippen LogP) is 8.39. The minimum Gasteiger partial charge on any atom is -0.488 e. The van der Waals surface area contributed by atoms with Gasteiger partial charge < -0.3 is 35.1 Å². The third-order valence-electron chi connectivity index (χ3n) is 15.7. The molecule has 0 aromatic heterocycles. The number of ether oxygens (including phenoxy) is 3. The summed E-state index contributed by atoms with van der Waals surface area (Å²) in [7, 11) is 0. The molecule has 4 aliphatic heterocycles. The number of nitrogens with zero attached hydrogens (tertiary/aromatic N) is 3. The molecule has 382 valence electrons. The molecule has 4 saturated heterocycles. The number of anilines is 1. The molecule has 4 heterocycles. The van der Waals surface area contributed by atoms with Crippen molar-refractivity contribution in [3.8, 4) is 22.6 Å². The maximum Gasteiger partial charge on any atom is 0.328 e. The summed E-state index contributed by atoms with van der Waals surface area (Å²) in [4.78, 5) is 69.2. The first kappa shape index (κ1) is 50.9. The van der Waals surface area contributed by atoms with Gasteiger partial charge in [-0.15, -0.1) is 0 Å². The van der Waals surface area contributed by atoms with Gasteiger partial charge in [0.05, 0.1) is 11.7 Å². The fourth-order valence-electron chi connectivity index (χ4n) is 11.5. The topological polar surface area (TPSA) is 173 Å². The number of carbonyl (C=O) groups is 5. The van der Waals surface area contributed by atoms with Crippen molar-refractivity contribution >= 4 is 46.9 Å². The van der Waals surface area contributed by atoms with Gasteiger partial charge in [0, 0.05) is 92.0 Å². The lowest BCUT2D eigenvalue weighted by Crippen LogP contribution is -2.49. The summed E-state index contributed by atoms with van der Waals surface area (Å²) in [6.07, 6.45) is 9.12. The van der Waals surface area contributed by atoms with Crippen molar-refractivity contribution in [3.05, 3.63) is 112 Å². The highest BCUT2D eigenvalue weighted by molar-refractivity contribution is 6.33. The minimum atomic E-state index is -0.770. The van der Waals surface area contributed by atoms with Crippen LogP contribution in [0, 0.1) is 30.5 Å². The Morgan fingerprint density at radius 3 is 2.22 bits per heavy atom. The van der Waals surface area contributed by atoms with E-state index in [0.717, 1.165) is 94.0 Å². The third kappa shape index (κ3) is 11.9. The molecule has 5 aliphatic rings. The maximum atomic E-state index is 16.4. The Balaban J connectivity index is 0.736. The SMILES string of the molecule is Cc1cc(OCC(=O)N2CCC(C3CCN(C(=O)C4CCC(NCC(c5ccccc5)c5ccc(Cl)c(-c6c(C(N)=O)ccc(OC[C@@H]7CCCO7)c6F)c5)CC4)CC3)CC2)ccc1N1CCC(=O)NC1=O. The van der Waals surface area contributed by atoms with Crippen LogP contribution in [0.1, 0.15) is 104 Å². The first-order valence-electron chi connectivity index (χ1n) is 25.8. The first-order chi connectivity index (χ1) is 34.9. The van der Waals surface area contributed by atoms with E-state index in [2.05, 4.69) is 27.7 Å². The molecule has 1 saturated carbocycles. The molecule has 0 spiro atoms. The van der Waals surface area contributed by atoms with Crippen molar-refractivity contribution in [2.75, 3.05) is 64.0 Å². The van der Waals surface area contributed by atoms with Crippen LogP contribution in [0.25, 0.3) is 11.1 Å². The number of urea groups is 1. The predicted molar refractivity (Wildman–Crippen MR) is 273 cm³/mol. The standard InChI is InChI=1S/C56H66ClFN6O8/c1-35-30-42(14-17-48(35)64-28-23-50(65)61-56(64)69)71-34-51(66)62-24-19-36(20-25-62)37-21-26-63(27-22-37)55(68)39-9-12-41(13-10-39)60-32-46(38-6-3-2-4-7-38)40-11-16-47(57)45(31-40)52-44(54(59)67)15-18-49(53(52)58)72-33-43-8-5-29-70-43/h2-4,6-7,11,14-18,30-31,36-37,39,41,43,46,60H,5,8-10,12-13,19-29,32-34H2,1H3,(H2,59,67)(H,61,65,69)/t39?,41?,43-,46?/m0/s1. The van der Waals surface area contributed by atoms with E-state index in [1.165, 1.54) is 17.0 Å². The Bertz CT molecular complexity index is 2610. The van der Waals surface area contributed by atoms with E-state index in [1.807, 2.05) is 48.2 Å². The van der Waals surface area contributed by atoms with Crippen LogP contribution in [0.4, 0.5) is 14.9 Å². The largest absolute Gasteiger partial charge is 0.488 e. The summed E-state index contributed by atoms with van der Waals surface area (Å²) in [6, 6.07) is 23.7. The Morgan fingerprint density at radius 1 is 0.833 bits per heavy atom. The van der Waals surface area contributed by atoms with Crippen LogP contribution in [-0.2, 0) is 19.1 Å². The molecule has 5 fully saturated rings. The molecule has 4 N–H and O–H groups in total. The van der Waals surface area contributed by atoms with E-state index in [-0.39, 0.29) is 83.2 Å². The van der Waals surface area contributed by atoms with Gasteiger partial charge in [-0.25, -0.2) is 9.18 Å². The summed E-state index contributed by atoms with van der Waals surface area (Å²) >= 11 is 6.81. The number of aryl methyl sites for hydroxylation is 1. The number of primary amides is 1. The van der Waals surface area contributed by atoms with E-state index in [4.69, 9.17) is 31.5 Å². The zero-order chi connectivity index (χ0) is 50.3. The number of hydrogen-bond acceptors (Lipinski definition) is 9. The number of rotatable bonds is 16. The summed E-state index contributed by atoms with van der Waals surface area (Å²) in [5.41, 5.74) is 9.67. The van der Waals surface area contributed by atoms with Gasteiger partial charge in [-0.1, -0.05) is 48.0 Å². The zero-order valence-electron chi connectivity index (χ0n) is 41.1. The molecule has 0 bridgehead atoms. The summed E-state index contributed by atoms with van der Waals surface area (Å²) in [5, 5.41) is 6.45. The average molecular weight is 1010 g/mol. The second kappa shape index (κ2) is 23.2. The number of halogens is 2. The van der Waals surface area contributed by atoms with Gasteiger partial charge in [-0.2, -0.15) is 0 Å². The van der Waals surface area contributed by atoms with E-state index in [0.29, 0.717) is 61.6 Å². The fourth-order valence-corrected chi connectivity index (χ4v) is 11.7. The monoisotopic (exact) mass is 1000 g/mol. The molecule has 16 heteroatoms. The molecule has 72 heavy (non-hydrogen) atoms. The van der Waals surface area contributed by atoms with Crippen LogP contribution in [0.3, 0.4) is 0 Å². The van der Waals surface area contributed by atoms with Gasteiger partial charge in [0.1, 0.15) is 12.4 Å². The van der Waals surface area contributed by atoms with Crippen molar-refractivity contribution < 1.29 is 42.6 Å². The molecule has 4 aromatic rings. The number of nitrogens with one attached hydrogen (secondary N) is 2. The van der Waals surface area contributed by atoms with Crippen molar-refractivity contribution in [2.45, 2.75) is 95.6 Å². The zero-order valence-corrected chi connectivity index (χ0v) is 41.8. The molecular weight excluding hydrogens is 939 g/mol. The van der Waals surface area contributed by atoms with Crippen LogP contribution in [0.15, 0.2) is 78.9 Å². The van der Waals surface area contributed by atoms with Crippen LogP contribution >= 0.6 is 11.6 Å². The van der Waals surface area contributed by atoms with Gasteiger partial charge in [0.2, 0.25) is 17.7 Å². The molecule has 6 amide bonds. The number of likely N-dealkylation sites (tertiary alicyclic amines) is 2. The molecule has 1 unspecified atom stereocenters. The summed E-state index contributed by atoms with van der Waals surface area (Å²) in [5.74, 6) is -0.0482. The molecule has 14 nitrogen and oxygen atoms in total. The third-order valence-corrected chi connectivity index (χ3v) is 16.0. The van der Waals surface area contributed by atoms with Gasteiger partial charge in [0.25, 0.3) is 5.91 Å². The number of amides is 6. The summed E-state index contributed by atoms with van der Waals surface area (Å²) < 4.78 is 33.9. The van der Waals surface area contributed by atoms with E-state index in [1.54, 1.807) is 18.2 Å². The van der Waals surface area contributed by atoms with E-state index >= 15 is 4.39 Å². The van der Waals surface area contributed by atoms with Gasteiger partial charge in [-0.05, 0) is 142 Å². The minimum absolute atomic E-state index is 0.00360. The van der Waals surface area contributed by atoms with Crippen LogP contribution in [0.2, 0.25) is 5.02 Å². The second-order valence-electron chi connectivity index (χ2n) is 20.1. The number of hydrogen-bond donors (Lipinski definition) is 3. The van der Waals surface area contributed by atoms with Gasteiger partial charge in [-0.3, -0.25) is 29.4 Å². The highest BCUT2D eigenvalue weighted by Gasteiger charge is 2.36. The average Bonchev–Trinajstić information content (AvgIpc) is 3.93. The molecule has 4 aromatic carbocycles. The quantitative estimate of drug-likeness (QED) is 0.0997. The fraction of sp³-hybridized carbons (Fsp3) is 0.482. The highest BCUT2D eigenvalue weighted by Crippen LogP contribution is 2.40. The molecule has 0 radical (unpaired) electrons. The molecule has 1 aliphatic carbocycles. The van der Waals surface area contributed by atoms with Crippen LogP contribution < -0.4 is 30.7 Å². The second-order valence-corrected chi connectivity index (χ2v) is 20.5. The van der Waals surface area contributed by atoms with Crippen molar-refractivity contribution in [1.82, 2.24) is 20.4 Å². The smallest absolute Gasteiger partial charge is 0.328 e. The molecule has 9 rings (SSSR count). The van der Waals surface area contributed by atoms with Crippen molar-refractivity contribution in [3.63, 3.8) is 0 Å².